The number of likely N-dealkylation sites (tertiary alicyclic amines) is 1. The van der Waals surface area contributed by atoms with Crippen LogP contribution in [0.5, 0.6) is 11.5 Å². The Hall–Kier alpha value is -1.59. The van der Waals surface area contributed by atoms with E-state index in [9.17, 15) is 4.79 Å². The first-order valence-electron chi connectivity index (χ1n) is 12.0. The summed E-state index contributed by atoms with van der Waals surface area (Å²) in [6.45, 7) is 0.375. The molecule has 1 N–H and O–H groups in total. The Morgan fingerprint density at radius 2 is 2.57 bits per heavy atom. The summed E-state index contributed by atoms with van der Waals surface area (Å²) in [5.41, 5.74) is -2.88. The summed E-state index contributed by atoms with van der Waals surface area (Å²) in [5.74, 6) is -2.07. The second-order valence-electron chi connectivity index (χ2n) is 6.72. The highest BCUT2D eigenvalue weighted by atomic mass is 16.5. The van der Waals surface area contributed by atoms with E-state index in [0.717, 1.165) is 0 Å². The average Bonchev–Trinajstić information content (AvgIpc) is 2.96. The van der Waals surface area contributed by atoms with Crippen LogP contribution in [0.4, 0.5) is 0 Å². The Bertz CT molecular complexity index is 1060. The summed E-state index contributed by atoms with van der Waals surface area (Å²) in [6.07, 6.45) is -5.47. The molecule has 2 aliphatic carbocycles. The van der Waals surface area contributed by atoms with Crippen LogP contribution in [0, 0.1) is 0 Å². The minimum absolute atomic E-state index is 0.0776. The summed E-state index contributed by atoms with van der Waals surface area (Å²) in [5, 5.41) is 5.29. The number of methoxy groups -OCH3 is 1. The number of rotatable bonds is 2. The number of piperidine rings is 1. The lowest BCUT2D eigenvalue weighted by molar-refractivity contribution is -0.185. The Labute approximate surface area is 147 Å². The van der Waals surface area contributed by atoms with Crippen molar-refractivity contribution in [3.63, 3.8) is 0 Å². The molecule has 5 rings (SSSR count). The standard InChI is InChI=1S/C18H21NO4/c1-19-8-7-17-14-10-3-4-12(22-2)15(14)23-16(17)11(20)5-6-18(17,21)13(19)9-10/h3-4,13,16,21H,5-9H2,1-2H3/t13-,16?,17+,18-/m1/s1/i2D3,3D,4D,5D2,16D,21D. The van der Waals surface area contributed by atoms with Crippen LogP contribution in [-0.2, 0) is 16.6 Å². The molecule has 1 saturated heterocycles. The molecule has 1 aromatic carbocycles. The van der Waals surface area contributed by atoms with E-state index in [-0.39, 0.29) is 30.2 Å². The lowest BCUT2D eigenvalue weighted by Gasteiger charge is -2.62. The molecule has 1 aromatic rings. The smallest absolute Gasteiger partial charge is 0.211 e. The van der Waals surface area contributed by atoms with Crippen LogP contribution in [-0.4, -0.2) is 55.6 Å². The quantitative estimate of drug-likeness (QED) is 0.881. The van der Waals surface area contributed by atoms with Crippen molar-refractivity contribution in [3.8, 4) is 11.5 Å². The van der Waals surface area contributed by atoms with Gasteiger partial charge in [-0.25, -0.2) is 0 Å². The number of carbonyl (C=O) groups excluding carboxylic acids is 1. The van der Waals surface area contributed by atoms with Crippen LogP contribution in [0.1, 0.15) is 41.3 Å². The van der Waals surface area contributed by atoms with Gasteiger partial charge < -0.3 is 19.5 Å². The summed E-state index contributed by atoms with van der Waals surface area (Å²) < 4.78 is 84.1. The fraction of sp³-hybridized carbons (Fsp3) is 0.611. The van der Waals surface area contributed by atoms with E-state index in [1.165, 1.54) is 0 Å². The number of hydrogen-bond donors (Lipinski definition) is 1. The highest BCUT2D eigenvalue weighted by Gasteiger charge is 2.72. The molecule has 5 heteroatoms. The van der Waals surface area contributed by atoms with E-state index in [1.807, 2.05) is 4.90 Å². The van der Waals surface area contributed by atoms with Gasteiger partial charge in [-0.2, -0.15) is 0 Å². The fourth-order valence-corrected chi connectivity index (χ4v) is 4.89. The van der Waals surface area contributed by atoms with E-state index < -0.39 is 60.5 Å². The summed E-state index contributed by atoms with van der Waals surface area (Å²) in [4.78, 5) is 15.2. The van der Waals surface area contributed by atoms with Gasteiger partial charge in [0.25, 0.3) is 0 Å². The van der Waals surface area contributed by atoms with Crippen molar-refractivity contribution in [2.45, 2.75) is 48.8 Å². The number of hydrogen-bond acceptors (Lipinski definition) is 5. The molecule has 2 fully saturated rings. The molecule has 2 bridgehead atoms. The predicted molar refractivity (Wildman–Crippen MR) is 83.0 cm³/mol. The van der Waals surface area contributed by atoms with Gasteiger partial charge in [-0.3, -0.25) is 4.79 Å². The molecule has 1 saturated carbocycles. The molecule has 0 amide bonds. The first-order chi connectivity index (χ1) is 14.7. The van der Waals surface area contributed by atoms with Crippen molar-refractivity contribution in [2.75, 3.05) is 20.6 Å². The minimum Gasteiger partial charge on any atom is -0.493 e. The van der Waals surface area contributed by atoms with Gasteiger partial charge in [-0.15, -0.1) is 0 Å². The van der Waals surface area contributed by atoms with Crippen LogP contribution < -0.4 is 9.47 Å². The zero-order chi connectivity index (χ0) is 23.6. The number of ether oxygens (including phenoxy) is 2. The van der Waals surface area contributed by atoms with Gasteiger partial charge in [0.2, 0.25) is 1.43 Å². The van der Waals surface area contributed by atoms with E-state index in [2.05, 4.69) is 0 Å². The minimum atomic E-state index is -3.00. The molecule has 4 aliphatic rings. The summed E-state index contributed by atoms with van der Waals surface area (Å²) in [7, 11) is -1.24. The van der Waals surface area contributed by atoms with Crippen molar-refractivity contribution in [3.05, 3.63) is 23.2 Å². The number of benzene rings is 1. The van der Waals surface area contributed by atoms with E-state index >= 15 is 0 Å². The van der Waals surface area contributed by atoms with Gasteiger partial charge in [-0.05, 0) is 44.5 Å². The Balaban J connectivity index is 1.92. The van der Waals surface area contributed by atoms with Crippen molar-refractivity contribution in [1.82, 2.24) is 4.90 Å². The van der Waals surface area contributed by atoms with Crippen LogP contribution in [0.25, 0.3) is 0 Å². The normalized spacial score (nSPS) is 52.1. The average molecular weight is 324 g/mol. The Morgan fingerprint density at radius 1 is 1.65 bits per heavy atom. The molecule has 0 radical (unpaired) electrons. The molecule has 0 aromatic heterocycles. The van der Waals surface area contributed by atoms with Crippen molar-refractivity contribution in [1.29, 1.82) is 1.43 Å². The lowest BCUT2D eigenvalue weighted by atomic mass is 9.49. The Morgan fingerprint density at radius 3 is 3.39 bits per heavy atom. The van der Waals surface area contributed by atoms with E-state index in [0.29, 0.717) is 12.1 Å². The molecule has 1 spiro atoms. The monoisotopic (exact) mass is 324 g/mol. The number of carbonyl (C=O) groups is 1. The fourth-order valence-electron chi connectivity index (χ4n) is 4.89. The van der Waals surface area contributed by atoms with E-state index in [4.69, 9.17) is 27.0 Å². The highest BCUT2D eigenvalue weighted by Crippen LogP contribution is 2.64. The third-order valence-electron chi connectivity index (χ3n) is 5.93. The summed E-state index contributed by atoms with van der Waals surface area (Å²) in [6, 6.07) is -1.53. The molecule has 23 heavy (non-hydrogen) atoms. The zero-order valence-corrected chi connectivity index (χ0v) is 12.5. The third-order valence-corrected chi connectivity index (χ3v) is 5.93. The molecular formula is C18H21NO4. The largest absolute Gasteiger partial charge is 0.493 e. The van der Waals surface area contributed by atoms with Gasteiger partial charge in [0.15, 0.2) is 23.4 Å². The number of Topliss-reactive ketones (excluding diaryl/α,β-unsaturated/α-hetero) is 1. The number of aliphatic hydroxyl groups is 1. The number of nitrogens with zero attached hydrogens (tertiary/aromatic N) is 1. The first-order valence-corrected chi connectivity index (χ1v) is 7.61. The molecule has 2 heterocycles. The molecule has 1 unspecified atom stereocenters. The maximum Gasteiger partial charge on any atom is 0.211 e. The molecule has 5 nitrogen and oxygen atoms in total. The van der Waals surface area contributed by atoms with Crippen molar-refractivity contribution >= 4 is 5.78 Å². The predicted octanol–water partition coefficient (Wildman–Crippen LogP) is 1.05. The Kier molecular flexibility index (Phi) is 1.34. The van der Waals surface area contributed by atoms with E-state index in [1.54, 1.807) is 7.05 Å². The van der Waals surface area contributed by atoms with Gasteiger partial charge in [-0.1, -0.05) is 6.04 Å². The van der Waals surface area contributed by atoms with Crippen LogP contribution in [0.3, 0.4) is 0 Å². The molecule has 2 aliphatic heterocycles. The van der Waals surface area contributed by atoms with Crippen LogP contribution in [0.15, 0.2) is 12.1 Å². The zero-order valence-electron chi connectivity index (χ0n) is 21.5. The highest BCUT2D eigenvalue weighted by molar-refractivity contribution is 5.90. The SMILES string of the molecule is [2H]O[C@@]12CC([2H])([2H])C(=O)C3([2H])Oc4c(OC([2H])([2H])[2H])c([2H])c([2H])c5c4[C@@]31CCN(C)[C@@H]2C5. The first kappa shape index (κ1) is 7.53. The van der Waals surface area contributed by atoms with Crippen LogP contribution >= 0.6 is 0 Å². The molecule has 4 atom stereocenters. The van der Waals surface area contributed by atoms with Gasteiger partial charge in [0, 0.05) is 20.7 Å². The van der Waals surface area contributed by atoms with Crippen molar-refractivity contribution in [2.24, 2.45) is 0 Å². The van der Waals surface area contributed by atoms with Crippen molar-refractivity contribution < 1.29 is 30.3 Å². The summed E-state index contributed by atoms with van der Waals surface area (Å²) >= 11 is 0. The third kappa shape index (κ3) is 1.32. The van der Waals surface area contributed by atoms with Crippen LogP contribution in [0.2, 0.25) is 0 Å². The topological polar surface area (TPSA) is 59.0 Å². The lowest BCUT2D eigenvalue weighted by Crippen LogP contribution is -2.76. The second kappa shape index (κ2) is 4.08. The van der Waals surface area contributed by atoms with Gasteiger partial charge in [0.05, 0.1) is 26.3 Å². The maximum atomic E-state index is 13.3. The second-order valence-corrected chi connectivity index (χ2v) is 6.72. The molecule has 122 valence electrons. The molecular weight excluding hydrogens is 294 g/mol. The van der Waals surface area contributed by atoms with Gasteiger partial charge in [0.1, 0.15) is 0 Å². The number of ketones is 1. The number of likely N-dealkylation sites (N-methyl/N-ethyl adjacent to an activating group) is 1. The van der Waals surface area contributed by atoms with Gasteiger partial charge >= 0.3 is 0 Å². The maximum absolute atomic E-state index is 13.3.